The smallest absolute Gasteiger partial charge is 0.251 e. The average molecular weight is 239 g/mol. The third kappa shape index (κ3) is 2.60. The standard InChI is InChI=1S/C9H9N3OS2/c13-8-2-4-12(9(14)11-8)3-1-7-5-15-6-10-7/h2,4-6H,1,3H2,(H,11,13,14). The summed E-state index contributed by atoms with van der Waals surface area (Å²) < 4.78 is 2.29. The molecule has 0 saturated carbocycles. The van der Waals surface area contributed by atoms with Gasteiger partial charge in [0.25, 0.3) is 5.56 Å². The molecule has 2 rings (SSSR count). The monoisotopic (exact) mass is 239 g/mol. The Balaban J connectivity index is 2.12. The van der Waals surface area contributed by atoms with E-state index in [1.54, 1.807) is 17.5 Å². The minimum atomic E-state index is -0.162. The number of aryl methyl sites for hydroxylation is 2. The molecular weight excluding hydrogens is 230 g/mol. The lowest BCUT2D eigenvalue weighted by Crippen LogP contribution is -2.12. The Hall–Kier alpha value is -1.27. The van der Waals surface area contributed by atoms with E-state index in [1.807, 2.05) is 15.5 Å². The van der Waals surface area contributed by atoms with Crippen molar-refractivity contribution in [2.24, 2.45) is 0 Å². The number of nitrogens with one attached hydrogen (secondary N) is 1. The molecule has 4 nitrogen and oxygen atoms in total. The molecule has 6 heteroatoms. The third-order valence-corrected chi connectivity index (χ3v) is 2.96. The maximum Gasteiger partial charge on any atom is 0.251 e. The molecule has 0 spiro atoms. The van der Waals surface area contributed by atoms with Crippen LogP contribution in [0.25, 0.3) is 0 Å². The number of thiazole rings is 1. The lowest BCUT2D eigenvalue weighted by atomic mass is 10.3. The van der Waals surface area contributed by atoms with Crippen LogP contribution in [-0.4, -0.2) is 14.5 Å². The summed E-state index contributed by atoms with van der Waals surface area (Å²) in [7, 11) is 0. The topological polar surface area (TPSA) is 50.7 Å². The molecule has 0 aliphatic rings. The highest BCUT2D eigenvalue weighted by Gasteiger charge is 1.97. The van der Waals surface area contributed by atoms with Crippen LogP contribution in [0.1, 0.15) is 5.69 Å². The van der Waals surface area contributed by atoms with E-state index in [4.69, 9.17) is 12.2 Å². The highest BCUT2D eigenvalue weighted by Crippen LogP contribution is 2.03. The predicted molar refractivity (Wildman–Crippen MR) is 61.7 cm³/mol. The van der Waals surface area contributed by atoms with Crippen LogP contribution in [0, 0.1) is 4.77 Å². The Kier molecular flexibility index (Phi) is 3.08. The fourth-order valence-electron chi connectivity index (χ4n) is 1.22. The first-order valence-corrected chi connectivity index (χ1v) is 5.77. The minimum absolute atomic E-state index is 0.162. The second kappa shape index (κ2) is 4.50. The van der Waals surface area contributed by atoms with E-state index >= 15 is 0 Å². The van der Waals surface area contributed by atoms with E-state index in [-0.39, 0.29) is 5.56 Å². The molecule has 2 aromatic rings. The highest BCUT2D eigenvalue weighted by molar-refractivity contribution is 7.71. The van der Waals surface area contributed by atoms with Crippen molar-refractivity contribution in [3.63, 3.8) is 0 Å². The summed E-state index contributed by atoms with van der Waals surface area (Å²) in [4.78, 5) is 17.7. The van der Waals surface area contributed by atoms with Gasteiger partial charge in [0.15, 0.2) is 4.77 Å². The number of hydrogen-bond acceptors (Lipinski definition) is 4. The normalized spacial score (nSPS) is 10.4. The highest BCUT2D eigenvalue weighted by atomic mass is 32.1. The molecule has 0 unspecified atom stereocenters. The zero-order valence-corrected chi connectivity index (χ0v) is 9.48. The van der Waals surface area contributed by atoms with Gasteiger partial charge in [-0.15, -0.1) is 11.3 Å². The summed E-state index contributed by atoms with van der Waals surface area (Å²) in [5.74, 6) is 0. The first-order chi connectivity index (χ1) is 7.25. The fraction of sp³-hybridized carbons (Fsp3) is 0.222. The van der Waals surface area contributed by atoms with Crippen LogP contribution < -0.4 is 5.56 Å². The van der Waals surface area contributed by atoms with Crippen molar-refractivity contribution < 1.29 is 0 Å². The van der Waals surface area contributed by atoms with Crippen molar-refractivity contribution in [1.82, 2.24) is 14.5 Å². The number of rotatable bonds is 3. The lowest BCUT2D eigenvalue weighted by molar-refractivity contribution is 0.656. The molecular formula is C9H9N3OS2. The van der Waals surface area contributed by atoms with Gasteiger partial charge in [0, 0.05) is 30.6 Å². The largest absolute Gasteiger partial charge is 0.325 e. The molecule has 0 radical (unpaired) electrons. The van der Waals surface area contributed by atoms with E-state index in [9.17, 15) is 4.79 Å². The van der Waals surface area contributed by atoms with Crippen molar-refractivity contribution in [3.8, 4) is 0 Å². The number of H-pyrrole nitrogens is 1. The van der Waals surface area contributed by atoms with E-state index < -0.39 is 0 Å². The summed E-state index contributed by atoms with van der Waals surface area (Å²) in [6.07, 6.45) is 2.53. The first kappa shape index (κ1) is 10.3. The van der Waals surface area contributed by atoms with Gasteiger partial charge in [-0.25, -0.2) is 4.98 Å². The Labute approximate surface area is 95.2 Å². The molecule has 78 valence electrons. The molecule has 0 amide bonds. The van der Waals surface area contributed by atoms with E-state index in [2.05, 4.69) is 9.97 Å². The third-order valence-electron chi connectivity index (χ3n) is 1.99. The molecule has 15 heavy (non-hydrogen) atoms. The molecule has 0 aliphatic carbocycles. The molecule has 0 bridgehead atoms. The van der Waals surface area contributed by atoms with E-state index in [0.29, 0.717) is 4.77 Å². The van der Waals surface area contributed by atoms with Crippen LogP contribution in [0.2, 0.25) is 0 Å². The van der Waals surface area contributed by atoms with Crippen molar-refractivity contribution in [2.45, 2.75) is 13.0 Å². The van der Waals surface area contributed by atoms with Crippen LogP contribution in [0.4, 0.5) is 0 Å². The molecule has 0 aliphatic heterocycles. The van der Waals surface area contributed by atoms with Crippen molar-refractivity contribution in [1.29, 1.82) is 0 Å². The summed E-state index contributed by atoms with van der Waals surface area (Å²) in [5.41, 5.74) is 2.69. The maximum atomic E-state index is 10.9. The molecule has 0 atom stereocenters. The van der Waals surface area contributed by atoms with Crippen LogP contribution >= 0.6 is 23.6 Å². The molecule has 2 heterocycles. The number of aromatic nitrogens is 3. The Morgan fingerprint density at radius 1 is 1.60 bits per heavy atom. The molecule has 0 fully saturated rings. The van der Waals surface area contributed by atoms with Gasteiger partial charge in [-0.05, 0) is 12.2 Å². The van der Waals surface area contributed by atoms with Crippen LogP contribution in [0.3, 0.4) is 0 Å². The quantitative estimate of drug-likeness (QED) is 0.828. The second-order valence-electron chi connectivity index (χ2n) is 3.03. The molecule has 0 saturated heterocycles. The molecule has 0 aromatic carbocycles. The van der Waals surface area contributed by atoms with Crippen molar-refractivity contribution in [2.75, 3.05) is 0 Å². The van der Waals surface area contributed by atoms with Gasteiger partial charge in [-0.3, -0.25) is 9.78 Å². The van der Waals surface area contributed by atoms with Gasteiger partial charge in [0.1, 0.15) is 0 Å². The Bertz CT molecular complexity index is 541. The summed E-state index contributed by atoms with van der Waals surface area (Å²) >= 11 is 6.60. The van der Waals surface area contributed by atoms with Gasteiger partial charge in [0.2, 0.25) is 0 Å². The van der Waals surface area contributed by atoms with Gasteiger partial charge in [-0.1, -0.05) is 0 Å². The van der Waals surface area contributed by atoms with Crippen molar-refractivity contribution in [3.05, 3.63) is 44.0 Å². The zero-order valence-electron chi connectivity index (χ0n) is 7.84. The summed E-state index contributed by atoms with van der Waals surface area (Å²) in [6.45, 7) is 0.735. The molecule has 2 aromatic heterocycles. The van der Waals surface area contributed by atoms with Crippen molar-refractivity contribution >= 4 is 23.6 Å². The SMILES string of the molecule is O=c1ccn(CCc2cscn2)c(=S)[nH]1. The average Bonchev–Trinajstić information content (AvgIpc) is 2.69. The van der Waals surface area contributed by atoms with E-state index in [1.165, 1.54) is 6.07 Å². The number of hydrogen-bond donors (Lipinski definition) is 1. The van der Waals surface area contributed by atoms with Gasteiger partial charge in [-0.2, -0.15) is 0 Å². The van der Waals surface area contributed by atoms with E-state index in [0.717, 1.165) is 18.7 Å². The van der Waals surface area contributed by atoms with Gasteiger partial charge < -0.3 is 4.57 Å². The Morgan fingerprint density at radius 2 is 2.47 bits per heavy atom. The first-order valence-electron chi connectivity index (χ1n) is 4.42. The van der Waals surface area contributed by atoms with Crippen LogP contribution in [0.15, 0.2) is 27.9 Å². The van der Waals surface area contributed by atoms with Crippen LogP contribution in [0.5, 0.6) is 0 Å². The van der Waals surface area contributed by atoms with Crippen LogP contribution in [-0.2, 0) is 13.0 Å². The fourth-order valence-corrected chi connectivity index (χ4v) is 2.06. The molecule has 1 N–H and O–H groups in total. The van der Waals surface area contributed by atoms with Gasteiger partial charge in [0.05, 0.1) is 11.2 Å². The number of nitrogens with zero attached hydrogens (tertiary/aromatic N) is 2. The summed E-state index contributed by atoms with van der Waals surface area (Å²) in [5, 5.41) is 2.01. The predicted octanol–water partition coefficient (Wildman–Crippen LogP) is 1.61. The Morgan fingerprint density at radius 3 is 3.13 bits per heavy atom. The van der Waals surface area contributed by atoms with Gasteiger partial charge >= 0.3 is 0 Å². The lowest BCUT2D eigenvalue weighted by Gasteiger charge is -2.03. The zero-order chi connectivity index (χ0) is 10.7. The summed E-state index contributed by atoms with van der Waals surface area (Å²) in [6, 6.07) is 1.47. The second-order valence-corrected chi connectivity index (χ2v) is 4.14. The minimum Gasteiger partial charge on any atom is -0.325 e. The maximum absolute atomic E-state index is 10.9. The number of aromatic amines is 1.